The van der Waals surface area contributed by atoms with Crippen LogP contribution in [0.25, 0.3) is 0 Å². The van der Waals surface area contributed by atoms with E-state index in [-0.39, 0.29) is 0 Å². The Morgan fingerprint density at radius 2 is 1.68 bits per heavy atom. The number of nitrogens with zero attached hydrogens (tertiary/aromatic N) is 3. The number of para-hydroxylation sites is 1. The minimum absolute atomic E-state index is 0.390. The molecule has 28 heavy (non-hydrogen) atoms. The molecular weight excluding hydrogens is 394 g/mol. The van der Waals surface area contributed by atoms with Crippen LogP contribution in [0.2, 0.25) is 0 Å². The Bertz CT molecular complexity index is 914. The quantitative estimate of drug-likeness (QED) is 0.763. The first kappa shape index (κ1) is 19.6. The van der Waals surface area contributed by atoms with Gasteiger partial charge in [0, 0.05) is 55.6 Å². The number of ether oxygens (including phenoxy) is 1. The minimum Gasteiger partial charge on any atom is -0.497 e. The molecule has 0 aliphatic carbocycles. The second kappa shape index (κ2) is 8.32. The van der Waals surface area contributed by atoms with E-state index in [1.165, 1.54) is 0 Å². The molecule has 2 heterocycles. The van der Waals surface area contributed by atoms with Crippen molar-refractivity contribution < 1.29 is 13.2 Å². The van der Waals surface area contributed by atoms with Crippen molar-refractivity contribution in [2.75, 3.05) is 50.5 Å². The molecule has 150 valence electrons. The lowest BCUT2D eigenvalue weighted by Crippen LogP contribution is -2.53. The summed E-state index contributed by atoms with van der Waals surface area (Å²) in [7, 11) is -1.86. The van der Waals surface area contributed by atoms with Gasteiger partial charge in [0.15, 0.2) is 0 Å². The largest absolute Gasteiger partial charge is 0.497 e. The maximum Gasteiger partial charge on any atom is 0.282 e. The lowest BCUT2D eigenvalue weighted by atomic mass is 10.2. The fourth-order valence-electron chi connectivity index (χ4n) is 3.65. The molecule has 0 aromatic heterocycles. The summed E-state index contributed by atoms with van der Waals surface area (Å²) in [5.41, 5.74) is 2.15. The number of piperazine rings is 1. The van der Waals surface area contributed by atoms with E-state index in [0.717, 1.165) is 27.6 Å². The van der Waals surface area contributed by atoms with Crippen LogP contribution in [0.15, 0.2) is 53.4 Å². The Balaban J connectivity index is 1.47. The molecule has 0 radical (unpaired) electrons. The van der Waals surface area contributed by atoms with Crippen molar-refractivity contribution in [1.82, 2.24) is 8.61 Å². The van der Waals surface area contributed by atoms with Crippen molar-refractivity contribution in [2.24, 2.45) is 0 Å². The Kier molecular flexibility index (Phi) is 5.82. The zero-order valence-electron chi connectivity index (χ0n) is 16.0. The summed E-state index contributed by atoms with van der Waals surface area (Å²) in [6.45, 7) is 3.33. The first-order chi connectivity index (χ1) is 13.6. The molecule has 0 unspecified atom stereocenters. The normalized spacial score (nSPS) is 19.1. The molecule has 0 saturated carbocycles. The van der Waals surface area contributed by atoms with Gasteiger partial charge in [-0.05, 0) is 35.9 Å². The lowest BCUT2D eigenvalue weighted by molar-refractivity contribution is 0.326. The fraction of sp³-hybridized carbons (Fsp3) is 0.400. The highest BCUT2D eigenvalue weighted by Gasteiger charge is 2.33. The van der Waals surface area contributed by atoms with Crippen molar-refractivity contribution in [2.45, 2.75) is 11.4 Å². The predicted octanol–water partition coefficient (Wildman–Crippen LogP) is 2.67. The van der Waals surface area contributed by atoms with Crippen LogP contribution in [0.4, 0.5) is 5.69 Å². The van der Waals surface area contributed by atoms with Crippen molar-refractivity contribution in [3.63, 3.8) is 0 Å². The van der Waals surface area contributed by atoms with E-state index >= 15 is 0 Å². The summed E-state index contributed by atoms with van der Waals surface area (Å²) in [5, 5.41) is 0. The summed E-state index contributed by atoms with van der Waals surface area (Å²) in [6.07, 6.45) is 0. The average molecular weight is 420 g/mol. The van der Waals surface area contributed by atoms with Crippen LogP contribution in [0, 0.1) is 0 Å². The van der Waals surface area contributed by atoms with Gasteiger partial charge in [-0.25, -0.2) is 0 Å². The van der Waals surface area contributed by atoms with E-state index in [9.17, 15) is 8.42 Å². The molecule has 2 aromatic rings. The molecule has 0 bridgehead atoms. The zero-order valence-corrected chi connectivity index (χ0v) is 17.6. The van der Waals surface area contributed by atoms with Gasteiger partial charge >= 0.3 is 0 Å². The molecule has 2 aliphatic heterocycles. The number of methoxy groups -OCH3 is 1. The van der Waals surface area contributed by atoms with Crippen LogP contribution in [-0.4, -0.2) is 62.6 Å². The maximum absolute atomic E-state index is 13.3. The van der Waals surface area contributed by atoms with Crippen LogP contribution >= 0.6 is 11.8 Å². The lowest BCUT2D eigenvalue weighted by Gasteiger charge is -2.37. The standard InChI is InChI=1S/C20H25N3O3S2/c1-26-19-7-8-20-17(15-19)16-23(13-14-27-20)28(24,25)22-11-9-21(10-12-22)18-5-3-2-4-6-18/h2-8,15H,9-14,16H2,1H3. The molecular formula is C20H25N3O3S2. The summed E-state index contributed by atoms with van der Waals surface area (Å²) >= 11 is 1.70. The van der Waals surface area contributed by atoms with Gasteiger partial charge in [0.25, 0.3) is 10.2 Å². The van der Waals surface area contributed by atoms with Crippen molar-refractivity contribution >= 4 is 27.7 Å². The van der Waals surface area contributed by atoms with Gasteiger partial charge in [-0.1, -0.05) is 18.2 Å². The average Bonchev–Trinajstić information content (AvgIpc) is 2.97. The second-order valence-electron chi connectivity index (χ2n) is 6.89. The van der Waals surface area contributed by atoms with Crippen LogP contribution in [0.3, 0.4) is 0 Å². The summed E-state index contributed by atoms with van der Waals surface area (Å²) < 4.78 is 35.1. The van der Waals surface area contributed by atoms with E-state index in [1.54, 1.807) is 27.5 Å². The number of rotatable bonds is 4. The van der Waals surface area contributed by atoms with Gasteiger partial charge in [-0.15, -0.1) is 11.8 Å². The number of benzene rings is 2. The van der Waals surface area contributed by atoms with Gasteiger partial charge in [-0.3, -0.25) is 0 Å². The van der Waals surface area contributed by atoms with Crippen LogP contribution in [-0.2, 0) is 16.8 Å². The van der Waals surface area contributed by atoms with E-state index < -0.39 is 10.2 Å². The number of anilines is 1. The summed E-state index contributed by atoms with van der Waals surface area (Å²) in [5.74, 6) is 1.51. The molecule has 0 spiro atoms. The summed E-state index contributed by atoms with van der Waals surface area (Å²) in [4.78, 5) is 3.37. The molecule has 0 atom stereocenters. The van der Waals surface area contributed by atoms with E-state index in [1.807, 2.05) is 36.4 Å². The first-order valence-corrected chi connectivity index (χ1v) is 11.8. The topological polar surface area (TPSA) is 53.1 Å². The van der Waals surface area contributed by atoms with Crippen molar-refractivity contribution in [3.8, 4) is 5.75 Å². The van der Waals surface area contributed by atoms with E-state index in [4.69, 9.17) is 4.74 Å². The van der Waals surface area contributed by atoms with Crippen LogP contribution in [0.1, 0.15) is 5.56 Å². The number of fused-ring (bicyclic) bond motifs is 1. The minimum atomic E-state index is -3.49. The zero-order chi connectivity index (χ0) is 19.6. The second-order valence-corrected chi connectivity index (χ2v) is 9.95. The SMILES string of the molecule is COc1ccc2c(c1)CN(S(=O)(=O)N1CCN(c3ccccc3)CC1)CCS2. The monoisotopic (exact) mass is 419 g/mol. The third-order valence-corrected chi connectivity index (χ3v) is 8.30. The fourth-order valence-corrected chi connectivity index (χ4v) is 6.35. The van der Waals surface area contributed by atoms with Crippen molar-refractivity contribution in [1.29, 1.82) is 0 Å². The number of hydrogen-bond donors (Lipinski definition) is 0. The number of hydrogen-bond acceptors (Lipinski definition) is 5. The van der Waals surface area contributed by atoms with Gasteiger partial charge < -0.3 is 9.64 Å². The Hall–Kier alpha value is -1.74. The van der Waals surface area contributed by atoms with Gasteiger partial charge in [0.1, 0.15) is 5.75 Å². The smallest absolute Gasteiger partial charge is 0.282 e. The molecule has 2 aromatic carbocycles. The molecule has 8 heteroatoms. The molecule has 0 amide bonds. The molecule has 1 fully saturated rings. The first-order valence-electron chi connectivity index (χ1n) is 9.43. The highest BCUT2D eigenvalue weighted by molar-refractivity contribution is 7.99. The third-order valence-electron chi connectivity index (χ3n) is 5.23. The predicted molar refractivity (Wildman–Crippen MR) is 113 cm³/mol. The molecule has 1 saturated heterocycles. The Morgan fingerprint density at radius 3 is 2.39 bits per heavy atom. The van der Waals surface area contributed by atoms with E-state index in [2.05, 4.69) is 17.0 Å². The Morgan fingerprint density at radius 1 is 0.929 bits per heavy atom. The van der Waals surface area contributed by atoms with Crippen molar-refractivity contribution in [3.05, 3.63) is 54.1 Å². The molecule has 6 nitrogen and oxygen atoms in total. The Labute approximate surface area is 171 Å². The van der Waals surface area contributed by atoms with E-state index in [0.29, 0.717) is 39.3 Å². The molecule has 4 rings (SSSR count). The highest BCUT2D eigenvalue weighted by Crippen LogP contribution is 2.32. The summed E-state index contributed by atoms with van der Waals surface area (Å²) in [6, 6.07) is 16.1. The van der Waals surface area contributed by atoms with Gasteiger partial charge in [0.05, 0.1) is 7.11 Å². The highest BCUT2D eigenvalue weighted by atomic mass is 32.2. The van der Waals surface area contributed by atoms with Gasteiger partial charge in [-0.2, -0.15) is 17.0 Å². The third kappa shape index (κ3) is 4.00. The van der Waals surface area contributed by atoms with Crippen LogP contribution < -0.4 is 9.64 Å². The molecule has 2 aliphatic rings. The number of thioether (sulfide) groups is 1. The van der Waals surface area contributed by atoms with Crippen LogP contribution in [0.5, 0.6) is 5.75 Å². The molecule has 0 N–H and O–H groups in total. The van der Waals surface area contributed by atoms with Gasteiger partial charge in [0.2, 0.25) is 0 Å². The maximum atomic E-state index is 13.3.